The first kappa shape index (κ1) is 12.5. The van der Waals surface area contributed by atoms with Crippen LogP contribution in [0, 0.1) is 13.8 Å². The van der Waals surface area contributed by atoms with E-state index >= 15 is 0 Å². The van der Waals surface area contributed by atoms with E-state index in [1.54, 1.807) is 4.90 Å². The summed E-state index contributed by atoms with van der Waals surface area (Å²) < 4.78 is 0. The minimum Gasteiger partial charge on any atom is -0.337 e. The minimum atomic E-state index is -0.00371. The molecular weight excluding hydrogens is 228 g/mol. The minimum absolute atomic E-state index is 0.00371. The molecule has 1 fully saturated rings. The molecular formula is C13H18N4O. The summed E-state index contributed by atoms with van der Waals surface area (Å²) in [4.78, 5) is 24.3. The summed E-state index contributed by atoms with van der Waals surface area (Å²) in [6.45, 7) is 10.4. The second-order valence-electron chi connectivity index (χ2n) is 4.47. The number of nitrogens with zero attached hydrogens (tertiary/aromatic N) is 4. The van der Waals surface area contributed by atoms with Crippen LogP contribution in [0.4, 0.5) is 5.95 Å². The van der Waals surface area contributed by atoms with E-state index in [1.807, 2.05) is 19.9 Å². The van der Waals surface area contributed by atoms with E-state index in [9.17, 15) is 4.79 Å². The molecule has 1 amide bonds. The molecule has 96 valence electrons. The van der Waals surface area contributed by atoms with Crippen molar-refractivity contribution >= 4 is 11.9 Å². The highest BCUT2D eigenvalue weighted by Gasteiger charge is 2.21. The summed E-state index contributed by atoms with van der Waals surface area (Å²) in [6.07, 6.45) is 1.36. The van der Waals surface area contributed by atoms with Crippen molar-refractivity contribution in [3.8, 4) is 0 Å². The van der Waals surface area contributed by atoms with E-state index in [1.165, 1.54) is 6.08 Å². The summed E-state index contributed by atoms with van der Waals surface area (Å²) in [5.41, 5.74) is 1.95. The highest BCUT2D eigenvalue weighted by molar-refractivity contribution is 5.87. The van der Waals surface area contributed by atoms with Crippen molar-refractivity contribution in [3.05, 3.63) is 30.1 Å². The van der Waals surface area contributed by atoms with Gasteiger partial charge in [0.05, 0.1) is 0 Å². The second-order valence-corrected chi connectivity index (χ2v) is 4.47. The lowest BCUT2D eigenvalue weighted by Gasteiger charge is -2.34. The molecule has 18 heavy (non-hydrogen) atoms. The van der Waals surface area contributed by atoms with E-state index < -0.39 is 0 Å². The molecule has 0 aromatic carbocycles. The molecule has 0 unspecified atom stereocenters. The monoisotopic (exact) mass is 246 g/mol. The molecule has 0 radical (unpaired) electrons. The number of hydrogen-bond acceptors (Lipinski definition) is 4. The van der Waals surface area contributed by atoms with Gasteiger partial charge < -0.3 is 9.80 Å². The number of aryl methyl sites for hydroxylation is 2. The van der Waals surface area contributed by atoms with Gasteiger partial charge in [0.1, 0.15) is 0 Å². The Hall–Kier alpha value is -1.91. The van der Waals surface area contributed by atoms with Gasteiger partial charge in [-0.25, -0.2) is 9.97 Å². The largest absolute Gasteiger partial charge is 0.337 e. The van der Waals surface area contributed by atoms with E-state index in [2.05, 4.69) is 21.4 Å². The standard InChI is InChI=1S/C13H18N4O/c1-4-12(18)16-5-7-17(8-6-16)13-14-10(2)9-11(3)15-13/h4,9H,1,5-8H2,2-3H3. The predicted molar refractivity (Wildman–Crippen MR) is 70.5 cm³/mol. The maximum atomic E-state index is 11.5. The van der Waals surface area contributed by atoms with Crippen LogP contribution in [0.1, 0.15) is 11.4 Å². The predicted octanol–water partition coefficient (Wildman–Crippen LogP) is 0.928. The molecule has 2 heterocycles. The van der Waals surface area contributed by atoms with Crippen molar-refractivity contribution < 1.29 is 4.79 Å². The number of piperazine rings is 1. The first-order valence-electron chi connectivity index (χ1n) is 6.08. The van der Waals surface area contributed by atoms with Gasteiger partial charge in [-0.05, 0) is 26.0 Å². The average molecular weight is 246 g/mol. The smallest absolute Gasteiger partial charge is 0.246 e. The molecule has 1 aromatic heterocycles. The van der Waals surface area contributed by atoms with Crippen molar-refractivity contribution in [1.29, 1.82) is 0 Å². The van der Waals surface area contributed by atoms with Gasteiger partial charge in [-0.3, -0.25) is 4.79 Å². The first-order valence-corrected chi connectivity index (χ1v) is 6.08. The summed E-state index contributed by atoms with van der Waals surface area (Å²) in [7, 11) is 0. The van der Waals surface area contributed by atoms with Gasteiger partial charge in [0.25, 0.3) is 0 Å². The van der Waals surface area contributed by atoms with Crippen LogP contribution in [0.5, 0.6) is 0 Å². The third kappa shape index (κ3) is 2.67. The lowest BCUT2D eigenvalue weighted by Crippen LogP contribution is -2.48. The molecule has 1 aliphatic heterocycles. The third-order valence-corrected chi connectivity index (χ3v) is 3.02. The molecule has 5 heteroatoms. The van der Waals surface area contributed by atoms with Crippen molar-refractivity contribution in [3.63, 3.8) is 0 Å². The molecule has 0 bridgehead atoms. The molecule has 1 saturated heterocycles. The molecule has 1 aromatic rings. The molecule has 0 atom stereocenters. The fourth-order valence-corrected chi connectivity index (χ4v) is 2.10. The number of carbonyl (C=O) groups excluding carboxylic acids is 1. The zero-order chi connectivity index (χ0) is 13.1. The summed E-state index contributed by atoms with van der Waals surface area (Å²) in [5.74, 6) is 0.759. The maximum absolute atomic E-state index is 11.5. The summed E-state index contributed by atoms with van der Waals surface area (Å²) in [5, 5.41) is 0. The van der Waals surface area contributed by atoms with Crippen LogP contribution < -0.4 is 4.90 Å². The number of rotatable bonds is 2. The Kier molecular flexibility index (Phi) is 3.60. The Morgan fingerprint density at radius 1 is 1.22 bits per heavy atom. The Morgan fingerprint density at radius 3 is 2.28 bits per heavy atom. The van der Waals surface area contributed by atoms with Crippen LogP contribution in [-0.4, -0.2) is 47.0 Å². The Morgan fingerprint density at radius 2 is 1.78 bits per heavy atom. The zero-order valence-electron chi connectivity index (χ0n) is 10.9. The molecule has 1 aliphatic rings. The van der Waals surface area contributed by atoms with Gasteiger partial charge in [0, 0.05) is 37.6 Å². The first-order chi connectivity index (χ1) is 8.60. The molecule has 0 N–H and O–H groups in total. The topological polar surface area (TPSA) is 49.3 Å². The Balaban J connectivity index is 2.05. The number of anilines is 1. The van der Waals surface area contributed by atoms with Crippen LogP contribution in [-0.2, 0) is 4.79 Å². The van der Waals surface area contributed by atoms with Gasteiger partial charge in [-0.15, -0.1) is 0 Å². The van der Waals surface area contributed by atoms with Gasteiger partial charge in [-0.2, -0.15) is 0 Å². The number of aromatic nitrogens is 2. The molecule has 5 nitrogen and oxygen atoms in total. The van der Waals surface area contributed by atoms with Gasteiger partial charge in [0.2, 0.25) is 11.9 Å². The lowest BCUT2D eigenvalue weighted by atomic mass is 10.3. The molecule has 0 spiro atoms. The average Bonchev–Trinajstić information content (AvgIpc) is 2.37. The van der Waals surface area contributed by atoms with Crippen LogP contribution in [0.3, 0.4) is 0 Å². The van der Waals surface area contributed by atoms with Crippen molar-refractivity contribution in [2.75, 3.05) is 31.1 Å². The highest BCUT2D eigenvalue weighted by atomic mass is 16.2. The van der Waals surface area contributed by atoms with E-state index in [0.29, 0.717) is 13.1 Å². The molecule has 0 saturated carbocycles. The van der Waals surface area contributed by atoms with Gasteiger partial charge >= 0.3 is 0 Å². The van der Waals surface area contributed by atoms with Crippen molar-refractivity contribution in [1.82, 2.24) is 14.9 Å². The van der Waals surface area contributed by atoms with Crippen molar-refractivity contribution in [2.24, 2.45) is 0 Å². The quantitative estimate of drug-likeness (QED) is 0.728. The second kappa shape index (κ2) is 5.16. The SMILES string of the molecule is C=CC(=O)N1CCN(c2nc(C)cc(C)n2)CC1. The Bertz CT molecular complexity index is 444. The lowest BCUT2D eigenvalue weighted by molar-refractivity contribution is -0.126. The number of carbonyl (C=O) groups is 1. The fraction of sp³-hybridized carbons (Fsp3) is 0.462. The van der Waals surface area contributed by atoms with E-state index in [0.717, 1.165) is 30.4 Å². The number of hydrogen-bond donors (Lipinski definition) is 0. The summed E-state index contributed by atoms with van der Waals surface area (Å²) in [6, 6.07) is 1.96. The van der Waals surface area contributed by atoms with Gasteiger partial charge in [-0.1, -0.05) is 6.58 Å². The van der Waals surface area contributed by atoms with Crippen molar-refractivity contribution in [2.45, 2.75) is 13.8 Å². The highest BCUT2D eigenvalue weighted by Crippen LogP contribution is 2.12. The fourth-order valence-electron chi connectivity index (χ4n) is 2.10. The van der Waals surface area contributed by atoms with Gasteiger partial charge in [0.15, 0.2) is 0 Å². The van der Waals surface area contributed by atoms with Crippen LogP contribution in [0.2, 0.25) is 0 Å². The summed E-state index contributed by atoms with van der Waals surface area (Å²) >= 11 is 0. The van der Waals surface area contributed by atoms with E-state index in [4.69, 9.17) is 0 Å². The van der Waals surface area contributed by atoms with Crippen LogP contribution in [0.25, 0.3) is 0 Å². The third-order valence-electron chi connectivity index (χ3n) is 3.02. The zero-order valence-corrected chi connectivity index (χ0v) is 10.9. The maximum Gasteiger partial charge on any atom is 0.246 e. The normalized spacial score (nSPS) is 15.7. The molecule has 0 aliphatic carbocycles. The number of amides is 1. The van der Waals surface area contributed by atoms with E-state index in [-0.39, 0.29) is 5.91 Å². The Labute approximate surface area is 107 Å². The van der Waals surface area contributed by atoms with Crippen LogP contribution in [0.15, 0.2) is 18.7 Å². The van der Waals surface area contributed by atoms with Crippen LogP contribution >= 0.6 is 0 Å². The molecule has 2 rings (SSSR count).